The third-order valence-corrected chi connectivity index (χ3v) is 0.596. The van der Waals surface area contributed by atoms with E-state index in [0.717, 1.165) is 0 Å². The molecule has 0 heterocycles. The van der Waals surface area contributed by atoms with Crippen LogP contribution in [0.1, 0.15) is 7.43 Å². The first kappa shape index (κ1) is 12.4. The maximum absolute atomic E-state index is 10.3. The molecule has 4 nitrogen and oxygen atoms in total. The Labute approximate surface area is 66.6 Å². The molecule has 4 heteroatoms. The zero-order valence-corrected chi connectivity index (χ0v) is 5.66. The van der Waals surface area contributed by atoms with E-state index in [0.29, 0.717) is 0 Å². The van der Waals surface area contributed by atoms with Gasteiger partial charge in [-0.1, -0.05) is 20.6 Å². The van der Waals surface area contributed by atoms with Crippen LogP contribution in [0, 0.1) is 4.91 Å². The molecule has 0 radical (unpaired) electrons. The minimum atomic E-state index is 0. The maximum atomic E-state index is 10.3. The second kappa shape index (κ2) is 8.68. The average molecular weight is 160 g/mol. The van der Waals surface area contributed by atoms with Gasteiger partial charge < -0.3 is 0 Å². The third kappa shape index (κ3) is 8.68. The van der Waals surface area contributed by atoms with Gasteiger partial charge in [-0.3, -0.25) is 0 Å². The lowest BCUT2D eigenvalue weighted by atomic mass is 10.7. The fourth-order valence-electron chi connectivity index (χ4n) is 0.264. The molecular weight excluding hydrogens is 146 g/mol. The van der Waals surface area contributed by atoms with Gasteiger partial charge in [-0.15, -0.1) is 0 Å². The number of nitrogens with zero attached hydrogens (tertiary/aromatic N) is 1. The molecule has 0 rings (SSSR count). The van der Waals surface area contributed by atoms with Crippen LogP contribution < -0.4 is 0 Å². The summed E-state index contributed by atoms with van der Waals surface area (Å²) in [4.78, 5) is 19.1. The molecule has 0 aromatic heterocycles. The van der Waals surface area contributed by atoms with Crippen molar-refractivity contribution in [2.24, 2.45) is 0 Å². The molecule has 0 aromatic rings. The van der Waals surface area contributed by atoms with Crippen molar-refractivity contribution in [1.29, 1.82) is 0 Å². The van der Waals surface area contributed by atoms with Crippen molar-refractivity contribution in [2.45, 2.75) is 7.43 Å². The van der Waals surface area contributed by atoms with Crippen LogP contribution in [-0.2, 0) is 9.68 Å². The van der Waals surface area contributed by atoms with Crippen LogP contribution in [0.3, 0.4) is 0 Å². The van der Waals surface area contributed by atoms with Gasteiger partial charge in [-0.25, -0.2) is 0 Å². The van der Waals surface area contributed by atoms with Crippen molar-refractivity contribution in [1.82, 2.24) is 0 Å². The Balaban J connectivity index is 0. The molecule has 0 aromatic carbocycles. The first-order chi connectivity index (χ1) is 4.81. The molecule has 0 saturated heterocycles. The van der Waals surface area contributed by atoms with Gasteiger partial charge in [-0.05, 0) is 12.2 Å². The van der Waals surface area contributed by atoms with E-state index in [2.05, 4.69) is 22.8 Å². The summed E-state index contributed by atoms with van der Waals surface area (Å²) in [5.41, 5.74) is 0. The molecule has 0 spiro atoms. The summed E-state index contributed by atoms with van der Waals surface area (Å²) in [7, 11) is 0. The van der Waals surface area contributed by atoms with Crippen LogP contribution in [-0.4, -0.2) is 18.3 Å². The van der Waals surface area contributed by atoms with Gasteiger partial charge in [0.2, 0.25) is 0 Å². The van der Waals surface area contributed by atoms with Crippen LogP contribution in [0.2, 0.25) is 0 Å². The number of rotatable bonds is 6. The summed E-state index contributed by atoms with van der Waals surface area (Å²) < 4.78 is 0. The SMILES string of the molecule is C.C=CCO[N+](=O)OCC=C. The van der Waals surface area contributed by atoms with Gasteiger partial charge in [0.05, 0.1) is 0 Å². The van der Waals surface area contributed by atoms with Crippen molar-refractivity contribution in [3.63, 3.8) is 0 Å². The topological polar surface area (TPSA) is 38.5 Å². The van der Waals surface area contributed by atoms with E-state index in [1.807, 2.05) is 0 Å². The third-order valence-electron chi connectivity index (χ3n) is 0.596. The van der Waals surface area contributed by atoms with Crippen molar-refractivity contribution in [2.75, 3.05) is 13.2 Å². The smallest absolute Gasteiger partial charge is 0.182 e. The molecule has 0 bridgehead atoms. The minimum Gasteiger partial charge on any atom is -0.182 e. The van der Waals surface area contributed by atoms with Crippen molar-refractivity contribution < 1.29 is 14.8 Å². The first-order valence-electron chi connectivity index (χ1n) is 2.76. The number of hydrogen-bond donors (Lipinski definition) is 0. The second-order valence-corrected chi connectivity index (χ2v) is 1.39. The highest BCUT2D eigenvalue weighted by Gasteiger charge is 2.07. The summed E-state index contributed by atoms with van der Waals surface area (Å²) in [6.45, 7) is 6.97. The second-order valence-electron chi connectivity index (χ2n) is 1.39. The standard InChI is InChI=1S/C6H10NO3.CH4/c1-3-5-9-7(8)10-6-4-2;/h3-4H,1-2,5-6H2;1H4/q+1;. The van der Waals surface area contributed by atoms with E-state index in [-0.39, 0.29) is 25.7 Å². The van der Waals surface area contributed by atoms with E-state index in [1.165, 1.54) is 12.2 Å². The zero-order valence-electron chi connectivity index (χ0n) is 5.66. The number of hydrogen-bond acceptors (Lipinski definition) is 3. The molecule has 0 saturated carbocycles. The zero-order chi connectivity index (χ0) is 7.82. The Morgan fingerprint density at radius 2 is 1.55 bits per heavy atom. The highest BCUT2D eigenvalue weighted by atomic mass is 17.0. The highest BCUT2D eigenvalue weighted by molar-refractivity contribution is 4.62. The summed E-state index contributed by atoms with van der Waals surface area (Å²) >= 11 is 0. The van der Waals surface area contributed by atoms with Gasteiger partial charge in [0.25, 0.3) is 0 Å². The quantitative estimate of drug-likeness (QED) is 0.438. The molecule has 0 N–H and O–H groups in total. The molecule has 0 aliphatic heterocycles. The minimum absolute atomic E-state index is 0. The maximum Gasteiger partial charge on any atom is 0.478 e. The Morgan fingerprint density at radius 3 is 1.82 bits per heavy atom. The molecule has 11 heavy (non-hydrogen) atoms. The molecular formula is C7H14NO3+. The van der Waals surface area contributed by atoms with Crippen LogP contribution in [0.4, 0.5) is 0 Å². The van der Waals surface area contributed by atoms with E-state index in [9.17, 15) is 4.91 Å². The van der Waals surface area contributed by atoms with Gasteiger partial charge in [0.15, 0.2) is 13.2 Å². The van der Waals surface area contributed by atoms with Gasteiger partial charge in [0.1, 0.15) is 4.91 Å². The summed E-state index contributed by atoms with van der Waals surface area (Å²) in [5, 5.41) is 0.0311. The van der Waals surface area contributed by atoms with Gasteiger partial charge in [0, 0.05) is 0 Å². The normalized spacial score (nSPS) is 7.27. The summed E-state index contributed by atoms with van der Waals surface area (Å²) in [6, 6.07) is 0. The lowest BCUT2D eigenvalue weighted by molar-refractivity contribution is -0.978. The van der Waals surface area contributed by atoms with Crippen molar-refractivity contribution >= 4 is 0 Å². The van der Waals surface area contributed by atoms with Crippen molar-refractivity contribution in [3.8, 4) is 0 Å². The van der Waals surface area contributed by atoms with Crippen LogP contribution >= 0.6 is 0 Å². The fraction of sp³-hybridized carbons (Fsp3) is 0.429. The van der Waals surface area contributed by atoms with Crippen LogP contribution in [0.5, 0.6) is 0 Å². The largest absolute Gasteiger partial charge is 0.478 e. The van der Waals surface area contributed by atoms with E-state index in [4.69, 9.17) is 0 Å². The molecule has 0 amide bonds. The fourth-order valence-corrected chi connectivity index (χ4v) is 0.264. The summed E-state index contributed by atoms with van der Waals surface area (Å²) in [6.07, 6.45) is 2.89. The molecule has 64 valence electrons. The Hall–Kier alpha value is -1.32. The molecule has 0 aliphatic rings. The molecule has 0 fully saturated rings. The molecule has 0 aliphatic carbocycles. The van der Waals surface area contributed by atoms with Crippen LogP contribution in [0.15, 0.2) is 25.3 Å². The van der Waals surface area contributed by atoms with Gasteiger partial charge in [-0.2, -0.15) is 9.68 Å². The Bertz CT molecular complexity index is 120. The lowest BCUT2D eigenvalue weighted by Crippen LogP contribution is -2.10. The van der Waals surface area contributed by atoms with E-state index < -0.39 is 0 Å². The Morgan fingerprint density at radius 1 is 1.18 bits per heavy atom. The van der Waals surface area contributed by atoms with E-state index in [1.54, 1.807) is 0 Å². The van der Waals surface area contributed by atoms with E-state index >= 15 is 0 Å². The molecule has 0 unspecified atom stereocenters. The van der Waals surface area contributed by atoms with Gasteiger partial charge >= 0.3 is 5.09 Å². The Kier molecular flexibility index (Phi) is 9.76. The lowest BCUT2D eigenvalue weighted by Gasteiger charge is -1.86. The summed E-state index contributed by atoms with van der Waals surface area (Å²) in [5.74, 6) is 0. The average Bonchev–Trinajstić information content (AvgIpc) is 1.97. The highest BCUT2D eigenvalue weighted by Crippen LogP contribution is 1.81. The van der Waals surface area contributed by atoms with Crippen molar-refractivity contribution in [3.05, 3.63) is 30.2 Å². The monoisotopic (exact) mass is 160 g/mol. The first-order valence-corrected chi connectivity index (χ1v) is 2.76. The predicted molar refractivity (Wildman–Crippen MR) is 42.7 cm³/mol. The molecule has 0 atom stereocenters. The van der Waals surface area contributed by atoms with Crippen LogP contribution in [0.25, 0.3) is 0 Å². The predicted octanol–water partition coefficient (Wildman–Crippen LogP) is 1.64.